The first-order valence-electron chi connectivity index (χ1n) is 11.5. The van der Waals surface area contributed by atoms with Crippen molar-refractivity contribution in [3.63, 3.8) is 0 Å². The molecule has 7 heteroatoms. The molecule has 5 heterocycles. The molecule has 0 amide bonds. The Hall–Kier alpha value is -4.39. The molecule has 0 aliphatic carbocycles. The average molecular weight is 447 g/mol. The Labute approximate surface area is 195 Å². The van der Waals surface area contributed by atoms with Crippen LogP contribution >= 0.6 is 0 Å². The predicted molar refractivity (Wildman–Crippen MR) is 135 cm³/mol. The van der Waals surface area contributed by atoms with Crippen molar-refractivity contribution in [2.75, 3.05) is 26.2 Å². The van der Waals surface area contributed by atoms with Crippen molar-refractivity contribution in [3.8, 4) is 22.5 Å². The molecule has 0 spiro atoms. The van der Waals surface area contributed by atoms with E-state index in [0.717, 1.165) is 88.2 Å². The molecule has 0 unspecified atom stereocenters. The summed E-state index contributed by atoms with van der Waals surface area (Å²) in [6.07, 6.45) is 4.14. The van der Waals surface area contributed by atoms with Gasteiger partial charge in [0.25, 0.3) is 0 Å². The van der Waals surface area contributed by atoms with Crippen LogP contribution in [0.3, 0.4) is 0 Å². The lowest BCUT2D eigenvalue weighted by atomic mass is 10.0. The molecule has 5 aromatic rings. The molecule has 0 saturated heterocycles. The molecule has 0 radical (unpaired) electrons. The van der Waals surface area contributed by atoms with Crippen LogP contribution in [-0.4, -0.2) is 47.2 Å². The lowest BCUT2D eigenvalue weighted by Crippen LogP contribution is -2.19. The van der Waals surface area contributed by atoms with Gasteiger partial charge in [0.2, 0.25) is 0 Å². The number of aromatic nitrogens is 2. The molecule has 0 bridgehead atoms. The number of aliphatic imine (C=N–C) groups is 2. The van der Waals surface area contributed by atoms with Crippen LogP contribution in [0.5, 0.6) is 0 Å². The highest BCUT2D eigenvalue weighted by Crippen LogP contribution is 2.30. The molecule has 0 saturated carbocycles. The van der Waals surface area contributed by atoms with Crippen LogP contribution in [0.2, 0.25) is 0 Å². The lowest BCUT2D eigenvalue weighted by molar-refractivity contribution is 0.631. The number of hydrogen-bond donors (Lipinski definition) is 2. The van der Waals surface area contributed by atoms with Crippen molar-refractivity contribution in [2.24, 2.45) is 9.98 Å². The van der Waals surface area contributed by atoms with Crippen molar-refractivity contribution in [2.45, 2.75) is 0 Å². The van der Waals surface area contributed by atoms with Crippen LogP contribution in [0.4, 0.5) is 0 Å². The monoisotopic (exact) mass is 446 g/mol. The highest BCUT2D eigenvalue weighted by atomic mass is 16.3. The third kappa shape index (κ3) is 3.25. The molecule has 2 aromatic carbocycles. The summed E-state index contributed by atoms with van der Waals surface area (Å²) in [6.45, 7) is 3.40. The number of fused-ring (bicyclic) bond motifs is 2. The summed E-state index contributed by atoms with van der Waals surface area (Å²) >= 11 is 0. The Bertz CT molecular complexity index is 1560. The number of nitrogens with one attached hydrogen (secondary N) is 2. The van der Waals surface area contributed by atoms with Gasteiger partial charge in [0.05, 0.1) is 13.1 Å². The maximum atomic E-state index is 6.20. The fourth-order valence-corrected chi connectivity index (χ4v) is 4.59. The topological polar surface area (TPSA) is 79.2 Å². The normalized spacial score (nSPS) is 15.4. The molecular weight excluding hydrogens is 424 g/mol. The third-order valence-electron chi connectivity index (χ3n) is 6.34. The van der Waals surface area contributed by atoms with Gasteiger partial charge in [-0.25, -0.2) is 4.98 Å². The Morgan fingerprint density at radius 1 is 0.706 bits per heavy atom. The first-order chi connectivity index (χ1) is 16.8. The molecule has 2 aliphatic heterocycles. The van der Waals surface area contributed by atoms with E-state index in [1.807, 2.05) is 12.3 Å². The minimum absolute atomic E-state index is 0.805. The zero-order chi connectivity index (χ0) is 22.5. The van der Waals surface area contributed by atoms with Crippen LogP contribution in [-0.2, 0) is 0 Å². The highest BCUT2D eigenvalue weighted by Gasteiger charge is 2.14. The molecule has 2 aliphatic rings. The van der Waals surface area contributed by atoms with Gasteiger partial charge < -0.3 is 19.5 Å². The summed E-state index contributed by atoms with van der Waals surface area (Å²) in [5.41, 5.74) is 7.05. The fourth-order valence-electron chi connectivity index (χ4n) is 4.59. The Kier molecular flexibility index (Phi) is 4.27. The average Bonchev–Trinajstić information content (AvgIpc) is 3.69. The van der Waals surface area contributed by atoms with E-state index in [1.165, 1.54) is 0 Å². The van der Waals surface area contributed by atoms with E-state index in [4.69, 9.17) is 4.42 Å². The first kappa shape index (κ1) is 19.1. The maximum Gasteiger partial charge on any atom is 0.149 e. The molecule has 7 nitrogen and oxygen atoms in total. The number of pyridine rings is 1. The summed E-state index contributed by atoms with van der Waals surface area (Å²) in [5.74, 6) is 2.68. The van der Waals surface area contributed by atoms with E-state index in [0.29, 0.717) is 0 Å². The molecule has 0 atom stereocenters. The van der Waals surface area contributed by atoms with Gasteiger partial charge in [0, 0.05) is 42.0 Å². The number of rotatable bonds is 4. The van der Waals surface area contributed by atoms with Gasteiger partial charge in [-0.05, 0) is 35.4 Å². The number of furan rings is 1. The molecule has 34 heavy (non-hydrogen) atoms. The van der Waals surface area contributed by atoms with Gasteiger partial charge in [0.15, 0.2) is 0 Å². The van der Waals surface area contributed by atoms with Gasteiger partial charge in [-0.3, -0.25) is 9.98 Å². The Morgan fingerprint density at radius 3 is 2.24 bits per heavy atom. The largest absolute Gasteiger partial charge is 0.456 e. The van der Waals surface area contributed by atoms with Gasteiger partial charge in [0.1, 0.15) is 34.4 Å². The summed E-state index contributed by atoms with van der Waals surface area (Å²) in [4.78, 5) is 13.7. The van der Waals surface area contributed by atoms with Crippen molar-refractivity contribution in [3.05, 3.63) is 84.3 Å². The molecule has 3 aromatic heterocycles. The van der Waals surface area contributed by atoms with Gasteiger partial charge in [-0.1, -0.05) is 36.4 Å². The number of hydrogen-bond acceptors (Lipinski definition) is 6. The standard InChI is InChI=1S/C27H22N6O/c1-3-18(23-13-19-5-6-20(14-24(19)34-23)26-28-9-10-29-26)4-2-17(1)21-7-8-25-32-22(16-33(25)15-21)27-30-11-12-31-27/h1-8,13-16H,9-12H2,(H,28,29)(H,30,31). The predicted octanol–water partition coefficient (Wildman–Crippen LogP) is 4.11. The zero-order valence-electron chi connectivity index (χ0n) is 18.5. The van der Waals surface area contributed by atoms with Crippen LogP contribution in [0.1, 0.15) is 11.3 Å². The second-order valence-corrected chi connectivity index (χ2v) is 8.56. The van der Waals surface area contributed by atoms with E-state index in [2.05, 4.69) is 90.8 Å². The lowest BCUT2D eigenvalue weighted by Gasteiger charge is -2.04. The second kappa shape index (κ2) is 7.59. The quantitative estimate of drug-likeness (QED) is 0.435. The zero-order valence-corrected chi connectivity index (χ0v) is 18.5. The SMILES string of the molecule is c1cc2cc(-c3ccc(-c4ccc5nc(C6=NCCN6)cn5c4)cc3)oc2cc1C1=NCCN1. The van der Waals surface area contributed by atoms with Gasteiger partial charge in [-0.2, -0.15) is 0 Å². The molecule has 0 fully saturated rings. The highest BCUT2D eigenvalue weighted by molar-refractivity contribution is 6.02. The number of benzene rings is 2. The smallest absolute Gasteiger partial charge is 0.149 e. The molecule has 166 valence electrons. The molecular formula is C27H22N6O. The van der Waals surface area contributed by atoms with Gasteiger partial charge >= 0.3 is 0 Å². The maximum absolute atomic E-state index is 6.20. The van der Waals surface area contributed by atoms with Crippen molar-refractivity contribution >= 4 is 28.3 Å². The number of imidazole rings is 1. The van der Waals surface area contributed by atoms with Gasteiger partial charge in [-0.15, -0.1) is 0 Å². The van der Waals surface area contributed by atoms with E-state index < -0.39 is 0 Å². The third-order valence-corrected chi connectivity index (χ3v) is 6.34. The fraction of sp³-hybridized carbons (Fsp3) is 0.148. The van der Waals surface area contributed by atoms with E-state index in [9.17, 15) is 0 Å². The van der Waals surface area contributed by atoms with Crippen LogP contribution in [0.15, 0.2) is 87.5 Å². The Morgan fingerprint density at radius 2 is 1.44 bits per heavy atom. The number of amidine groups is 2. The Balaban J connectivity index is 1.18. The second-order valence-electron chi connectivity index (χ2n) is 8.56. The van der Waals surface area contributed by atoms with E-state index >= 15 is 0 Å². The molecule has 7 rings (SSSR count). The summed E-state index contributed by atoms with van der Waals surface area (Å²) < 4.78 is 8.25. The van der Waals surface area contributed by atoms with Crippen LogP contribution in [0, 0.1) is 0 Å². The van der Waals surface area contributed by atoms with Crippen LogP contribution in [0.25, 0.3) is 39.1 Å². The van der Waals surface area contributed by atoms with Crippen molar-refractivity contribution < 1.29 is 4.42 Å². The van der Waals surface area contributed by atoms with Crippen LogP contribution < -0.4 is 10.6 Å². The van der Waals surface area contributed by atoms with Crippen molar-refractivity contribution in [1.82, 2.24) is 20.0 Å². The summed E-state index contributed by atoms with van der Waals surface area (Å²) in [7, 11) is 0. The summed E-state index contributed by atoms with van der Waals surface area (Å²) in [5, 5.41) is 7.69. The van der Waals surface area contributed by atoms with E-state index in [1.54, 1.807) is 0 Å². The minimum Gasteiger partial charge on any atom is -0.456 e. The molecule has 2 N–H and O–H groups in total. The summed E-state index contributed by atoms with van der Waals surface area (Å²) in [6, 6.07) is 21.0. The van der Waals surface area contributed by atoms with Crippen molar-refractivity contribution in [1.29, 1.82) is 0 Å². The minimum atomic E-state index is 0.805. The first-order valence-corrected chi connectivity index (χ1v) is 11.5. The number of nitrogens with zero attached hydrogens (tertiary/aromatic N) is 4. The van der Waals surface area contributed by atoms with E-state index in [-0.39, 0.29) is 0 Å².